The molecule has 1 saturated heterocycles. The SMILES string of the molecule is NC(=O)OC(=O)C1CC(O)(c2ccc(CN3CCCC3)c(F)c2)C1. The molecule has 0 unspecified atom stereocenters. The molecule has 0 radical (unpaired) electrons. The third-order valence-corrected chi connectivity index (χ3v) is 4.89. The molecule has 7 heteroatoms. The molecule has 6 nitrogen and oxygen atoms in total. The number of amides is 1. The number of esters is 1. The predicted octanol–water partition coefficient (Wildman–Crippen LogP) is 1.64. The molecule has 0 spiro atoms. The van der Waals surface area contributed by atoms with Crippen molar-refractivity contribution in [1.29, 1.82) is 0 Å². The molecule has 130 valence electrons. The Labute approximate surface area is 139 Å². The molecule has 2 aliphatic rings. The van der Waals surface area contributed by atoms with Gasteiger partial charge in [-0.3, -0.25) is 9.69 Å². The van der Waals surface area contributed by atoms with E-state index in [9.17, 15) is 19.1 Å². The molecule has 1 aromatic carbocycles. The summed E-state index contributed by atoms with van der Waals surface area (Å²) in [5.41, 5.74) is 4.57. The second kappa shape index (κ2) is 6.49. The molecule has 1 aliphatic heterocycles. The molecule has 1 saturated carbocycles. The van der Waals surface area contributed by atoms with Crippen molar-refractivity contribution in [3.8, 4) is 0 Å². The van der Waals surface area contributed by atoms with Crippen LogP contribution in [0.25, 0.3) is 0 Å². The first-order valence-corrected chi connectivity index (χ1v) is 8.12. The van der Waals surface area contributed by atoms with E-state index in [-0.39, 0.29) is 18.7 Å². The summed E-state index contributed by atoms with van der Waals surface area (Å²) in [5.74, 6) is -1.70. The molecule has 24 heavy (non-hydrogen) atoms. The maximum atomic E-state index is 14.3. The first-order valence-electron chi connectivity index (χ1n) is 8.12. The van der Waals surface area contributed by atoms with E-state index in [4.69, 9.17) is 5.73 Å². The van der Waals surface area contributed by atoms with E-state index < -0.39 is 23.6 Å². The van der Waals surface area contributed by atoms with Crippen LogP contribution in [-0.4, -0.2) is 35.2 Å². The summed E-state index contributed by atoms with van der Waals surface area (Å²) in [6.45, 7) is 2.53. The first kappa shape index (κ1) is 16.9. The van der Waals surface area contributed by atoms with E-state index in [1.165, 1.54) is 6.07 Å². The first-order chi connectivity index (χ1) is 11.4. The Kier molecular flexibility index (Phi) is 4.56. The minimum absolute atomic E-state index is 0.0873. The molecule has 1 heterocycles. The van der Waals surface area contributed by atoms with Crippen LogP contribution in [0, 0.1) is 11.7 Å². The maximum Gasteiger partial charge on any atom is 0.412 e. The number of ether oxygens (including phenoxy) is 1. The summed E-state index contributed by atoms with van der Waals surface area (Å²) < 4.78 is 18.6. The molecular formula is C17H21FN2O4. The van der Waals surface area contributed by atoms with E-state index in [0.717, 1.165) is 25.9 Å². The highest BCUT2D eigenvalue weighted by molar-refractivity contribution is 5.85. The monoisotopic (exact) mass is 336 g/mol. The lowest BCUT2D eigenvalue weighted by atomic mass is 9.67. The molecule has 0 aromatic heterocycles. The van der Waals surface area contributed by atoms with Crippen molar-refractivity contribution in [3.05, 3.63) is 35.1 Å². The highest BCUT2D eigenvalue weighted by Gasteiger charge is 2.48. The molecule has 3 rings (SSSR count). The normalized spacial score (nSPS) is 26.8. The van der Waals surface area contributed by atoms with Gasteiger partial charge in [-0.05, 0) is 50.4 Å². The third-order valence-electron chi connectivity index (χ3n) is 4.89. The summed E-state index contributed by atoms with van der Waals surface area (Å²) in [4.78, 5) is 24.3. The van der Waals surface area contributed by atoms with Crippen LogP contribution in [0.5, 0.6) is 0 Å². The van der Waals surface area contributed by atoms with Crippen molar-refractivity contribution in [2.45, 2.75) is 37.8 Å². The van der Waals surface area contributed by atoms with E-state index in [1.54, 1.807) is 12.1 Å². The highest BCUT2D eigenvalue weighted by atomic mass is 19.1. The zero-order chi connectivity index (χ0) is 17.3. The largest absolute Gasteiger partial charge is 0.412 e. The van der Waals surface area contributed by atoms with Crippen LogP contribution in [-0.2, 0) is 21.7 Å². The minimum Gasteiger partial charge on any atom is -0.385 e. The van der Waals surface area contributed by atoms with Gasteiger partial charge >= 0.3 is 12.1 Å². The fourth-order valence-electron chi connectivity index (χ4n) is 3.49. The Morgan fingerprint density at radius 2 is 2.00 bits per heavy atom. The van der Waals surface area contributed by atoms with Crippen LogP contribution in [0.1, 0.15) is 36.8 Å². The fourth-order valence-corrected chi connectivity index (χ4v) is 3.49. The molecule has 0 bridgehead atoms. The van der Waals surface area contributed by atoms with Gasteiger partial charge in [-0.25, -0.2) is 9.18 Å². The molecule has 1 aliphatic carbocycles. The number of aliphatic hydroxyl groups is 1. The van der Waals surface area contributed by atoms with E-state index in [0.29, 0.717) is 17.7 Å². The molecule has 3 N–H and O–H groups in total. The zero-order valence-corrected chi connectivity index (χ0v) is 13.3. The summed E-state index contributed by atoms with van der Waals surface area (Å²) in [6.07, 6.45) is 1.30. The Bertz CT molecular complexity index is 652. The highest BCUT2D eigenvalue weighted by Crippen LogP contribution is 2.46. The average Bonchev–Trinajstić information content (AvgIpc) is 2.98. The van der Waals surface area contributed by atoms with Gasteiger partial charge in [0.25, 0.3) is 0 Å². The molecule has 2 fully saturated rings. The number of halogens is 1. The smallest absolute Gasteiger partial charge is 0.385 e. The number of benzene rings is 1. The second-order valence-electron chi connectivity index (χ2n) is 6.67. The van der Waals surface area contributed by atoms with Gasteiger partial charge in [-0.1, -0.05) is 12.1 Å². The third kappa shape index (κ3) is 3.42. The van der Waals surface area contributed by atoms with Gasteiger partial charge in [0.2, 0.25) is 0 Å². The minimum atomic E-state index is -1.27. The van der Waals surface area contributed by atoms with Gasteiger partial charge in [0.15, 0.2) is 0 Å². The number of hydrogen-bond donors (Lipinski definition) is 2. The number of rotatable bonds is 4. The van der Waals surface area contributed by atoms with Gasteiger partial charge in [-0.15, -0.1) is 0 Å². The van der Waals surface area contributed by atoms with E-state index in [2.05, 4.69) is 9.64 Å². The topological polar surface area (TPSA) is 92.9 Å². The second-order valence-corrected chi connectivity index (χ2v) is 6.67. The van der Waals surface area contributed by atoms with Gasteiger partial charge < -0.3 is 15.6 Å². The van der Waals surface area contributed by atoms with Gasteiger partial charge in [0.1, 0.15) is 5.82 Å². The van der Waals surface area contributed by atoms with Crippen LogP contribution in [0.4, 0.5) is 9.18 Å². The Balaban J connectivity index is 1.64. The summed E-state index contributed by atoms with van der Waals surface area (Å²) >= 11 is 0. The number of carbonyl (C=O) groups is 2. The van der Waals surface area contributed by atoms with Gasteiger partial charge in [0, 0.05) is 12.1 Å². The summed E-state index contributed by atoms with van der Waals surface area (Å²) in [6, 6.07) is 4.72. The van der Waals surface area contributed by atoms with Crippen molar-refractivity contribution in [2.75, 3.05) is 13.1 Å². The molecule has 1 amide bonds. The maximum absolute atomic E-state index is 14.3. The molecular weight excluding hydrogens is 315 g/mol. The van der Waals surface area contributed by atoms with Crippen LogP contribution in [0.3, 0.4) is 0 Å². The molecule has 1 aromatic rings. The number of hydrogen-bond acceptors (Lipinski definition) is 5. The van der Waals surface area contributed by atoms with E-state index >= 15 is 0 Å². The molecule has 0 atom stereocenters. The standard InChI is InChI=1S/C17H21FN2O4/c18-14-7-13(4-3-11(14)10-20-5-1-2-6-20)17(23)8-12(9-17)15(21)24-16(19)22/h3-4,7,12,23H,1-2,5-6,8-10H2,(H2,19,22). The van der Waals surface area contributed by atoms with Crippen molar-refractivity contribution in [1.82, 2.24) is 4.90 Å². The van der Waals surface area contributed by atoms with Crippen LogP contribution in [0.15, 0.2) is 18.2 Å². The fraction of sp³-hybridized carbons (Fsp3) is 0.529. The van der Waals surface area contributed by atoms with E-state index in [1.807, 2.05) is 0 Å². The zero-order valence-electron chi connectivity index (χ0n) is 13.3. The lowest BCUT2D eigenvalue weighted by Gasteiger charge is -2.42. The number of carbonyl (C=O) groups excluding carboxylic acids is 2. The Morgan fingerprint density at radius 3 is 2.58 bits per heavy atom. The lowest BCUT2D eigenvalue weighted by molar-refractivity contribution is -0.159. The Hall–Kier alpha value is -1.99. The van der Waals surface area contributed by atoms with Crippen LogP contribution < -0.4 is 5.73 Å². The average molecular weight is 336 g/mol. The van der Waals surface area contributed by atoms with Crippen molar-refractivity contribution in [2.24, 2.45) is 11.7 Å². The quantitative estimate of drug-likeness (QED) is 0.644. The number of nitrogens with two attached hydrogens (primary N) is 1. The van der Waals surface area contributed by atoms with Crippen LogP contribution in [0.2, 0.25) is 0 Å². The van der Waals surface area contributed by atoms with Gasteiger partial charge in [-0.2, -0.15) is 0 Å². The number of likely N-dealkylation sites (tertiary alicyclic amines) is 1. The summed E-state index contributed by atoms with van der Waals surface area (Å²) in [5, 5.41) is 10.5. The Morgan fingerprint density at radius 1 is 1.33 bits per heavy atom. The van der Waals surface area contributed by atoms with Crippen molar-refractivity contribution < 1.29 is 23.8 Å². The predicted molar refractivity (Wildman–Crippen MR) is 83.2 cm³/mol. The lowest BCUT2D eigenvalue weighted by Crippen LogP contribution is -2.45. The van der Waals surface area contributed by atoms with Gasteiger partial charge in [0.05, 0.1) is 11.5 Å². The number of primary amides is 1. The van der Waals surface area contributed by atoms with Crippen molar-refractivity contribution >= 4 is 12.1 Å². The number of nitrogens with zero attached hydrogens (tertiary/aromatic N) is 1. The summed E-state index contributed by atoms with van der Waals surface area (Å²) in [7, 11) is 0. The van der Waals surface area contributed by atoms with Crippen molar-refractivity contribution in [3.63, 3.8) is 0 Å². The van der Waals surface area contributed by atoms with Crippen LogP contribution >= 0.6 is 0 Å².